The van der Waals surface area contributed by atoms with Crippen LogP contribution in [0.4, 0.5) is 0 Å². The summed E-state index contributed by atoms with van der Waals surface area (Å²) in [5, 5.41) is 6.48. The van der Waals surface area contributed by atoms with Gasteiger partial charge in [-0.15, -0.1) is 0 Å². The predicted octanol–water partition coefficient (Wildman–Crippen LogP) is 5.10. The van der Waals surface area contributed by atoms with Gasteiger partial charge < -0.3 is 4.57 Å². The summed E-state index contributed by atoms with van der Waals surface area (Å²) in [7, 11) is 0. The molecule has 1 N–H and O–H groups in total. The van der Waals surface area contributed by atoms with Crippen LogP contribution >= 0.6 is 15.9 Å². The molecule has 0 aliphatic heterocycles. The minimum absolute atomic E-state index is 0.111. The maximum atomic E-state index is 12.2. The molecule has 0 spiro atoms. The second-order valence-corrected chi connectivity index (χ2v) is 7.10. The number of aromatic nitrogens is 1. The Morgan fingerprint density at radius 2 is 1.52 bits per heavy atom. The lowest BCUT2D eigenvalue weighted by Gasteiger charge is -2.06. The summed E-state index contributed by atoms with van der Waals surface area (Å²) in [5.41, 5.74) is 5.81. The zero-order valence-electron chi connectivity index (χ0n) is 14.6. The number of carbonyl (C=O) groups is 1. The highest BCUT2D eigenvalue weighted by Gasteiger charge is 2.10. The van der Waals surface area contributed by atoms with Crippen molar-refractivity contribution in [2.24, 2.45) is 5.10 Å². The van der Waals surface area contributed by atoms with Crippen LogP contribution in [0, 0.1) is 0 Å². The minimum atomic E-state index is -0.111. The molecule has 4 nitrogen and oxygen atoms in total. The molecule has 1 amide bonds. The van der Waals surface area contributed by atoms with E-state index in [0.29, 0.717) is 13.0 Å². The first-order valence-corrected chi connectivity index (χ1v) is 9.56. The normalized spacial score (nSPS) is 11.4. The highest BCUT2D eigenvalue weighted by molar-refractivity contribution is 9.10. The fourth-order valence-corrected chi connectivity index (χ4v) is 3.65. The first-order valence-electron chi connectivity index (χ1n) is 8.76. The van der Waals surface area contributed by atoms with Crippen molar-refractivity contribution in [1.82, 2.24) is 9.99 Å². The van der Waals surface area contributed by atoms with Gasteiger partial charge in [-0.3, -0.25) is 4.79 Å². The molecular weight excluding hydrogens is 402 g/mol. The van der Waals surface area contributed by atoms with Crippen LogP contribution in [0.25, 0.3) is 21.8 Å². The van der Waals surface area contributed by atoms with Crippen LogP contribution in [-0.4, -0.2) is 16.7 Å². The number of carbonyl (C=O) groups excluding carboxylic acids is 1. The van der Waals surface area contributed by atoms with Gasteiger partial charge in [0.2, 0.25) is 5.91 Å². The number of hydrogen-bond donors (Lipinski definition) is 1. The van der Waals surface area contributed by atoms with Gasteiger partial charge in [-0.1, -0.05) is 70.5 Å². The van der Waals surface area contributed by atoms with Gasteiger partial charge in [0.25, 0.3) is 0 Å². The largest absolute Gasteiger partial charge is 0.340 e. The van der Waals surface area contributed by atoms with Crippen molar-refractivity contribution < 1.29 is 4.79 Å². The molecule has 0 saturated carbocycles. The van der Waals surface area contributed by atoms with E-state index in [1.54, 1.807) is 6.21 Å². The molecule has 134 valence electrons. The number of benzene rings is 3. The molecule has 1 aromatic heterocycles. The summed E-state index contributed by atoms with van der Waals surface area (Å²) >= 11 is 3.46. The van der Waals surface area contributed by atoms with Crippen molar-refractivity contribution in [1.29, 1.82) is 0 Å². The lowest BCUT2D eigenvalue weighted by molar-refractivity contribution is -0.121. The second-order valence-electron chi connectivity index (χ2n) is 6.25. The van der Waals surface area contributed by atoms with E-state index in [0.717, 1.165) is 21.1 Å². The summed E-state index contributed by atoms with van der Waals surface area (Å²) in [4.78, 5) is 12.2. The molecule has 5 heteroatoms. The van der Waals surface area contributed by atoms with Crippen LogP contribution in [0.3, 0.4) is 0 Å². The molecule has 0 aliphatic carbocycles. The van der Waals surface area contributed by atoms with Gasteiger partial charge in [0, 0.05) is 44.8 Å². The number of amides is 1. The second kappa shape index (κ2) is 7.76. The molecule has 4 rings (SSSR count). The van der Waals surface area contributed by atoms with Crippen molar-refractivity contribution in [3.05, 3.63) is 82.8 Å². The average Bonchev–Trinajstić information content (AvgIpc) is 3.02. The lowest BCUT2D eigenvalue weighted by atomic mass is 10.2. The summed E-state index contributed by atoms with van der Waals surface area (Å²) < 4.78 is 3.13. The Morgan fingerprint density at radius 1 is 0.926 bits per heavy atom. The van der Waals surface area contributed by atoms with E-state index in [-0.39, 0.29) is 5.91 Å². The van der Waals surface area contributed by atoms with Gasteiger partial charge in [0.1, 0.15) is 0 Å². The number of para-hydroxylation sites is 2. The monoisotopic (exact) mass is 419 g/mol. The van der Waals surface area contributed by atoms with Crippen LogP contribution in [0.1, 0.15) is 12.0 Å². The molecule has 0 aliphatic rings. The standard InChI is InChI=1S/C22H18BrN3O/c23-19-10-4-1-7-16(19)15-24-25-22(27)13-14-26-20-11-5-2-8-17(20)18-9-3-6-12-21(18)26/h1-12,15H,13-14H2,(H,25,27). The van der Waals surface area contributed by atoms with Crippen molar-refractivity contribution in [2.45, 2.75) is 13.0 Å². The fraction of sp³-hybridized carbons (Fsp3) is 0.0909. The van der Waals surface area contributed by atoms with E-state index in [1.165, 1.54) is 10.8 Å². The summed E-state index contributed by atoms with van der Waals surface area (Å²) in [6.45, 7) is 0.602. The number of halogens is 1. The zero-order chi connectivity index (χ0) is 18.6. The number of rotatable bonds is 5. The Balaban J connectivity index is 1.48. The SMILES string of the molecule is O=C(CCn1c2ccccc2c2ccccc21)NN=Cc1ccccc1Br. The molecule has 27 heavy (non-hydrogen) atoms. The fourth-order valence-electron chi connectivity index (χ4n) is 3.27. The molecule has 4 aromatic rings. The van der Waals surface area contributed by atoms with Crippen molar-refractivity contribution in [3.8, 4) is 0 Å². The van der Waals surface area contributed by atoms with Gasteiger partial charge in [0.05, 0.1) is 6.21 Å². The Bertz CT molecular complexity index is 1090. The third-order valence-electron chi connectivity index (χ3n) is 4.54. The Morgan fingerprint density at radius 3 is 2.19 bits per heavy atom. The third kappa shape index (κ3) is 3.64. The van der Waals surface area contributed by atoms with Crippen LogP contribution in [0.5, 0.6) is 0 Å². The molecule has 0 bridgehead atoms. The van der Waals surface area contributed by atoms with E-state index in [9.17, 15) is 4.79 Å². The van der Waals surface area contributed by atoms with Crippen LogP contribution < -0.4 is 5.43 Å². The lowest BCUT2D eigenvalue weighted by Crippen LogP contribution is -2.19. The van der Waals surface area contributed by atoms with Gasteiger partial charge in [-0.25, -0.2) is 5.43 Å². The molecule has 0 atom stereocenters. The topological polar surface area (TPSA) is 46.4 Å². The highest BCUT2D eigenvalue weighted by Crippen LogP contribution is 2.28. The van der Waals surface area contributed by atoms with Crippen molar-refractivity contribution in [2.75, 3.05) is 0 Å². The van der Waals surface area contributed by atoms with E-state index in [2.05, 4.69) is 55.3 Å². The number of hydrogen-bond acceptors (Lipinski definition) is 2. The number of hydrazone groups is 1. The molecule has 0 radical (unpaired) electrons. The van der Waals surface area contributed by atoms with E-state index in [1.807, 2.05) is 48.5 Å². The predicted molar refractivity (Wildman–Crippen MR) is 114 cm³/mol. The van der Waals surface area contributed by atoms with Gasteiger partial charge >= 0.3 is 0 Å². The molecule has 3 aromatic carbocycles. The maximum absolute atomic E-state index is 12.2. The Labute approximate surface area is 165 Å². The van der Waals surface area contributed by atoms with Crippen LogP contribution in [-0.2, 0) is 11.3 Å². The molecular formula is C22H18BrN3O. The van der Waals surface area contributed by atoms with Crippen LogP contribution in [0.15, 0.2) is 82.4 Å². The molecule has 1 heterocycles. The van der Waals surface area contributed by atoms with Gasteiger partial charge in [-0.2, -0.15) is 5.10 Å². The smallest absolute Gasteiger partial charge is 0.241 e. The molecule has 0 unspecified atom stereocenters. The van der Waals surface area contributed by atoms with Gasteiger partial charge in [0.15, 0.2) is 0 Å². The number of aryl methyl sites for hydroxylation is 1. The van der Waals surface area contributed by atoms with E-state index in [4.69, 9.17) is 0 Å². The van der Waals surface area contributed by atoms with Crippen LogP contribution in [0.2, 0.25) is 0 Å². The van der Waals surface area contributed by atoms with Gasteiger partial charge in [-0.05, 0) is 18.2 Å². The summed E-state index contributed by atoms with van der Waals surface area (Å²) in [5.74, 6) is -0.111. The van der Waals surface area contributed by atoms with E-state index >= 15 is 0 Å². The first-order chi connectivity index (χ1) is 13.2. The number of nitrogens with zero attached hydrogens (tertiary/aromatic N) is 2. The summed E-state index contributed by atoms with van der Waals surface area (Å²) in [6, 6.07) is 24.3. The van der Waals surface area contributed by atoms with Crippen molar-refractivity contribution >= 4 is 49.9 Å². The Hall–Kier alpha value is -2.92. The maximum Gasteiger partial charge on any atom is 0.241 e. The average molecular weight is 420 g/mol. The first kappa shape index (κ1) is 17.5. The number of fused-ring (bicyclic) bond motifs is 3. The Kier molecular flexibility index (Phi) is 5.03. The van der Waals surface area contributed by atoms with E-state index < -0.39 is 0 Å². The minimum Gasteiger partial charge on any atom is -0.340 e. The number of nitrogens with one attached hydrogen (secondary N) is 1. The van der Waals surface area contributed by atoms with Crippen molar-refractivity contribution in [3.63, 3.8) is 0 Å². The zero-order valence-corrected chi connectivity index (χ0v) is 16.2. The third-order valence-corrected chi connectivity index (χ3v) is 5.26. The quantitative estimate of drug-likeness (QED) is 0.355. The molecule has 0 saturated heterocycles. The highest BCUT2D eigenvalue weighted by atomic mass is 79.9. The molecule has 0 fully saturated rings. The summed E-state index contributed by atoms with van der Waals surface area (Å²) in [6.07, 6.45) is 2.00.